The third kappa shape index (κ3) is 3.80. The molecular formula is C25H14F3NO3. The topological polar surface area (TPSA) is 51.8 Å². The number of carbonyl (C=O) groups excluding carboxylic acids is 1. The molecule has 7 heteroatoms. The third-order valence-electron chi connectivity index (χ3n) is 5.00. The Balaban J connectivity index is 1.43. The summed E-state index contributed by atoms with van der Waals surface area (Å²) in [6.07, 6.45) is -3.05. The molecule has 0 fully saturated rings. The molecule has 0 aliphatic carbocycles. The number of nitrogens with zero attached hydrogens (tertiary/aromatic N) is 1. The van der Waals surface area contributed by atoms with Crippen LogP contribution in [0.5, 0.6) is 0 Å². The van der Waals surface area contributed by atoms with Crippen LogP contribution in [0.4, 0.5) is 13.2 Å². The van der Waals surface area contributed by atoms with E-state index in [4.69, 9.17) is 9.15 Å². The summed E-state index contributed by atoms with van der Waals surface area (Å²) < 4.78 is 49.8. The minimum absolute atomic E-state index is 0.0399. The molecule has 0 radical (unpaired) electrons. The van der Waals surface area contributed by atoms with E-state index in [1.54, 1.807) is 6.07 Å². The molecule has 2 heterocycles. The molecule has 0 saturated carbocycles. The molecule has 32 heavy (non-hydrogen) atoms. The second-order valence-corrected chi connectivity index (χ2v) is 7.18. The predicted octanol–water partition coefficient (Wildman–Crippen LogP) is 6.46. The first-order chi connectivity index (χ1) is 15.4. The molecule has 4 nitrogen and oxygen atoms in total. The van der Waals surface area contributed by atoms with Gasteiger partial charge in [-0.3, -0.25) is 0 Å². The Morgan fingerprint density at radius 2 is 1.62 bits per heavy atom. The summed E-state index contributed by atoms with van der Waals surface area (Å²) in [6, 6.07) is 21.3. The fraction of sp³-hybridized carbons (Fsp3) is 0.0400. The van der Waals surface area contributed by atoms with E-state index in [9.17, 15) is 18.0 Å². The molecular weight excluding hydrogens is 419 g/mol. The fourth-order valence-corrected chi connectivity index (χ4v) is 3.42. The van der Waals surface area contributed by atoms with E-state index < -0.39 is 17.7 Å². The van der Waals surface area contributed by atoms with Gasteiger partial charge in [-0.1, -0.05) is 42.5 Å². The highest BCUT2D eigenvalue weighted by Gasteiger charge is 2.30. The molecule has 0 unspecified atom stereocenters. The molecule has 5 rings (SSSR count). The zero-order valence-corrected chi connectivity index (χ0v) is 16.4. The Morgan fingerprint density at radius 3 is 2.44 bits per heavy atom. The molecule has 0 N–H and O–H groups in total. The number of furan rings is 1. The van der Waals surface area contributed by atoms with Crippen molar-refractivity contribution in [1.29, 1.82) is 0 Å². The van der Waals surface area contributed by atoms with Crippen molar-refractivity contribution >= 4 is 28.7 Å². The standard InChI is InChI=1S/C25H14F3NO3/c26-25(27,28)19-7-3-6-17(13-19)22-11-10-20(31-22)14-21-24(30)32-23(29-21)18-9-8-15-4-1-2-5-16(15)12-18/h1-14H/b21-14+. The zero-order chi connectivity index (χ0) is 22.3. The Kier molecular flexibility index (Phi) is 4.66. The summed E-state index contributed by atoms with van der Waals surface area (Å²) in [5.74, 6) is 0.0581. The lowest BCUT2D eigenvalue weighted by Gasteiger charge is -2.07. The second kappa shape index (κ2) is 7.53. The van der Waals surface area contributed by atoms with Crippen LogP contribution in [0, 0.1) is 0 Å². The van der Waals surface area contributed by atoms with Gasteiger partial charge in [0.2, 0.25) is 5.90 Å². The number of aliphatic imine (C=N–C) groups is 1. The second-order valence-electron chi connectivity index (χ2n) is 7.18. The Hall–Kier alpha value is -4.13. The van der Waals surface area contributed by atoms with Crippen molar-refractivity contribution in [2.75, 3.05) is 0 Å². The van der Waals surface area contributed by atoms with Gasteiger partial charge in [-0.25, -0.2) is 9.79 Å². The number of hydrogen-bond acceptors (Lipinski definition) is 4. The number of ether oxygens (including phenoxy) is 1. The van der Waals surface area contributed by atoms with Crippen molar-refractivity contribution in [3.8, 4) is 11.3 Å². The van der Waals surface area contributed by atoms with Crippen LogP contribution in [0.3, 0.4) is 0 Å². The van der Waals surface area contributed by atoms with Crippen LogP contribution in [0.2, 0.25) is 0 Å². The largest absolute Gasteiger partial charge is 0.457 e. The molecule has 1 aromatic heterocycles. The number of alkyl halides is 3. The lowest BCUT2D eigenvalue weighted by atomic mass is 10.1. The van der Waals surface area contributed by atoms with E-state index in [1.807, 2.05) is 42.5 Å². The highest BCUT2D eigenvalue weighted by atomic mass is 19.4. The van der Waals surface area contributed by atoms with E-state index in [2.05, 4.69) is 4.99 Å². The van der Waals surface area contributed by atoms with E-state index in [1.165, 1.54) is 24.3 Å². The highest BCUT2D eigenvalue weighted by molar-refractivity contribution is 6.13. The van der Waals surface area contributed by atoms with Crippen molar-refractivity contribution in [1.82, 2.24) is 0 Å². The summed E-state index contributed by atoms with van der Waals surface area (Å²) in [4.78, 5) is 16.6. The predicted molar refractivity (Wildman–Crippen MR) is 114 cm³/mol. The van der Waals surface area contributed by atoms with Crippen LogP contribution in [-0.4, -0.2) is 11.9 Å². The lowest BCUT2D eigenvalue weighted by molar-refractivity contribution is -0.137. The maximum Gasteiger partial charge on any atom is 0.416 e. The zero-order valence-electron chi connectivity index (χ0n) is 16.4. The maximum atomic E-state index is 13.0. The Bertz CT molecular complexity index is 1410. The minimum atomic E-state index is -4.45. The van der Waals surface area contributed by atoms with E-state index in [0.717, 1.165) is 22.9 Å². The van der Waals surface area contributed by atoms with Crippen molar-refractivity contribution in [2.45, 2.75) is 6.18 Å². The smallest absolute Gasteiger partial charge is 0.416 e. The van der Waals surface area contributed by atoms with E-state index >= 15 is 0 Å². The van der Waals surface area contributed by atoms with Crippen molar-refractivity contribution in [3.05, 3.63) is 101 Å². The van der Waals surface area contributed by atoms with Gasteiger partial charge in [0.05, 0.1) is 5.56 Å². The first-order valence-corrected chi connectivity index (χ1v) is 9.66. The number of fused-ring (bicyclic) bond motifs is 1. The molecule has 0 atom stereocenters. The monoisotopic (exact) mass is 433 g/mol. The number of halogens is 3. The van der Waals surface area contributed by atoms with Crippen LogP contribution in [0.25, 0.3) is 28.2 Å². The first kappa shape index (κ1) is 19.8. The van der Waals surface area contributed by atoms with Crippen molar-refractivity contribution in [2.24, 2.45) is 4.99 Å². The summed E-state index contributed by atoms with van der Waals surface area (Å²) in [5.41, 5.74) is 0.205. The number of rotatable bonds is 3. The SMILES string of the molecule is O=C1OC(c2ccc3ccccc3c2)=N/C1=C/c1ccc(-c2cccc(C(F)(F)F)c2)o1. The van der Waals surface area contributed by atoms with Crippen LogP contribution in [0.15, 0.2) is 94.0 Å². The van der Waals surface area contributed by atoms with E-state index in [-0.39, 0.29) is 28.7 Å². The Morgan fingerprint density at radius 1 is 0.812 bits per heavy atom. The lowest BCUT2D eigenvalue weighted by Crippen LogP contribution is -2.05. The summed E-state index contributed by atoms with van der Waals surface area (Å²) in [7, 11) is 0. The van der Waals surface area contributed by atoms with Crippen LogP contribution in [0.1, 0.15) is 16.9 Å². The Labute approximate surface area is 180 Å². The number of benzene rings is 3. The summed E-state index contributed by atoms with van der Waals surface area (Å²) >= 11 is 0. The number of esters is 1. The van der Waals surface area contributed by atoms with Gasteiger partial charge < -0.3 is 9.15 Å². The molecule has 0 spiro atoms. The molecule has 158 valence electrons. The maximum absolute atomic E-state index is 13.0. The summed E-state index contributed by atoms with van der Waals surface area (Å²) in [6.45, 7) is 0. The van der Waals surface area contributed by atoms with Gasteiger partial charge in [0, 0.05) is 17.2 Å². The van der Waals surface area contributed by atoms with Crippen LogP contribution < -0.4 is 0 Å². The molecule has 3 aromatic carbocycles. The molecule has 1 aliphatic rings. The van der Waals surface area contributed by atoms with Gasteiger partial charge >= 0.3 is 12.1 Å². The van der Waals surface area contributed by atoms with Crippen molar-refractivity contribution < 1.29 is 27.1 Å². The van der Waals surface area contributed by atoms with Gasteiger partial charge in [-0.2, -0.15) is 13.2 Å². The number of cyclic esters (lactones) is 1. The average Bonchev–Trinajstić information content (AvgIpc) is 3.40. The van der Waals surface area contributed by atoms with Gasteiger partial charge in [-0.05, 0) is 47.2 Å². The van der Waals surface area contributed by atoms with Gasteiger partial charge in [-0.15, -0.1) is 0 Å². The van der Waals surface area contributed by atoms with Crippen molar-refractivity contribution in [3.63, 3.8) is 0 Å². The molecule has 4 aromatic rings. The minimum Gasteiger partial charge on any atom is -0.457 e. The van der Waals surface area contributed by atoms with Gasteiger partial charge in [0.1, 0.15) is 11.5 Å². The molecule has 0 bridgehead atoms. The van der Waals surface area contributed by atoms with E-state index in [0.29, 0.717) is 5.56 Å². The highest BCUT2D eigenvalue weighted by Crippen LogP contribution is 2.33. The summed E-state index contributed by atoms with van der Waals surface area (Å²) in [5, 5.41) is 2.03. The fourth-order valence-electron chi connectivity index (χ4n) is 3.42. The molecule has 0 amide bonds. The quantitative estimate of drug-likeness (QED) is 0.275. The first-order valence-electron chi connectivity index (χ1n) is 9.66. The van der Waals surface area contributed by atoms with Crippen LogP contribution in [-0.2, 0) is 15.7 Å². The average molecular weight is 433 g/mol. The third-order valence-corrected chi connectivity index (χ3v) is 5.00. The molecule has 1 aliphatic heterocycles. The van der Waals surface area contributed by atoms with Gasteiger partial charge in [0.15, 0.2) is 5.70 Å². The van der Waals surface area contributed by atoms with Crippen LogP contribution >= 0.6 is 0 Å². The number of hydrogen-bond donors (Lipinski definition) is 0. The van der Waals surface area contributed by atoms with Gasteiger partial charge in [0.25, 0.3) is 0 Å². The molecule has 0 saturated heterocycles. The number of carbonyl (C=O) groups is 1. The normalized spacial score (nSPS) is 15.3.